The highest BCUT2D eigenvalue weighted by molar-refractivity contribution is 5.78. The van der Waals surface area contributed by atoms with Gasteiger partial charge in [-0.1, -0.05) is 25.1 Å². The Morgan fingerprint density at radius 3 is 2.79 bits per heavy atom. The lowest BCUT2D eigenvalue weighted by molar-refractivity contribution is -0.137. The largest absolute Gasteiger partial charge is 0.334 e. The number of carbonyl (C=O) groups excluding carboxylic acids is 1. The number of nitrogens with zero attached hydrogens (tertiary/aromatic N) is 1. The maximum atomic E-state index is 12.2. The van der Waals surface area contributed by atoms with Crippen LogP contribution in [0.15, 0.2) is 18.2 Å². The van der Waals surface area contributed by atoms with E-state index in [0.717, 1.165) is 19.4 Å². The lowest BCUT2D eigenvalue weighted by Gasteiger charge is -2.40. The van der Waals surface area contributed by atoms with Crippen LogP contribution < -0.4 is 5.73 Å². The second-order valence-electron chi connectivity index (χ2n) is 5.52. The predicted octanol–water partition coefficient (Wildman–Crippen LogP) is 2.70. The molecular formula is C16H24N2O. The van der Waals surface area contributed by atoms with Crippen molar-refractivity contribution < 1.29 is 4.79 Å². The molecule has 1 aromatic rings. The lowest BCUT2D eigenvalue weighted by Crippen LogP contribution is -2.49. The van der Waals surface area contributed by atoms with E-state index in [1.807, 2.05) is 4.90 Å². The summed E-state index contributed by atoms with van der Waals surface area (Å²) in [5.41, 5.74) is 10.1. The summed E-state index contributed by atoms with van der Waals surface area (Å²) in [6, 6.07) is 6.38. The van der Waals surface area contributed by atoms with Crippen molar-refractivity contribution in [1.82, 2.24) is 4.90 Å². The molecule has 1 heterocycles. The number of piperidine rings is 1. The third kappa shape index (κ3) is 2.66. The molecule has 0 saturated carbocycles. The molecule has 0 spiro atoms. The molecule has 1 fully saturated rings. The molecule has 0 bridgehead atoms. The van der Waals surface area contributed by atoms with Crippen LogP contribution in [0.3, 0.4) is 0 Å². The van der Waals surface area contributed by atoms with E-state index in [-0.39, 0.29) is 18.0 Å². The summed E-state index contributed by atoms with van der Waals surface area (Å²) < 4.78 is 0. The number of amides is 1. The van der Waals surface area contributed by atoms with Gasteiger partial charge in [-0.15, -0.1) is 0 Å². The van der Waals surface area contributed by atoms with Crippen molar-refractivity contribution in [3.63, 3.8) is 0 Å². The molecule has 3 nitrogen and oxygen atoms in total. The zero-order valence-electron chi connectivity index (χ0n) is 12.1. The lowest BCUT2D eigenvalue weighted by atomic mass is 9.87. The molecule has 2 unspecified atom stereocenters. The maximum Gasteiger partial charge on any atom is 0.223 e. The molecule has 104 valence electrons. The number of benzene rings is 1. The number of rotatable bonds is 3. The fourth-order valence-corrected chi connectivity index (χ4v) is 2.98. The van der Waals surface area contributed by atoms with E-state index in [9.17, 15) is 4.79 Å². The highest BCUT2D eigenvalue weighted by Crippen LogP contribution is 2.33. The van der Waals surface area contributed by atoms with Crippen LogP contribution >= 0.6 is 0 Å². The molecule has 0 aromatic heterocycles. The normalized spacial score (nSPS) is 23.8. The van der Waals surface area contributed by atoms with E-state index in [2.05, 4.69) is 39.0 Å². The number of hydrogen-bond acceptors (Lipinski definition) is 2. The second-order valence-corrected chi connectivity index (χ2v) is 5.52. The van der Waals surface area contributed by atoms with Gasteiger partial charge in [-0.3, -0.25) is 4.79 Å². The third-order valence-corrected chi connectivity index (χ3v) is 4.18. The van der Waals surface area contributed by atoms with E-state index >= 15 is 0 Å². The molecule has 2 N–H and O–H groups in total. The maximum absolute atomic E-state index is 12.2. The van der Waals surface area contributed by atoms with Crippen LogP contribution in [0.4, 0.5) is 0 Å². The predicted molar refractivity (Wildman–Crippen MR) is 77.9 cm³/mol. The zero-order chi connectivity index (χ0) is 14.0. The number of carbonyl (C=O) groups is 1. The van der Waals surface area contributed by atoms with Crippen LogP contribution in [0.1, 0.15) is 48.9 Å². The molecule has 1 aromatic carbocycles. The smallest absolute Gasteiger partial charge is 0.223 e. The number of aryl methyl sites for hydroxylation is 1. The van der Waals surface area contributed by atoms with Gasteiger partial charge in [-0.2, -0.15) is 0 Å². The summed E-state index contributed by atoms with van der Waals surface area (Å²) in [6.45, 7) is 7.14. The van der Waals surface area contributed by atoms with Crippen molar-refractivity contribution in [2.45, 2.75) is 52.1 Å². The minimum absolute atomic E-state index is 0.0427. The van der Waals surface area contributed by atoms with Crippen molar-refractivity contribution in [2.75, 3.05) is 6.54 Å². The van der Waals surface area contributed by atoms with Crippen LogP contribution in [0, 0.1) is 13.8 Å². The van der Waals surface area contributed by atoms with Gasteiger partial charge in [0.05, 0.1) is 6.04 Å². The van der Waals surface area contributed by atoms with Crippen LogP contribution in [0.5, 0.6) is 0 Å². The minimum atomic E-state index is 0.0427. The van der Waals surface area contributed by atoms with E-state index in [4.69, 9.17) is 5.73 Å². The first-order valence-electron chi connectivity index (χ1n) is 7.17. The Balaban J connectivity index is 2.42. The topological polar surface area (TPSA) is 46.3 Å². The Morgan fingerprint density at radius 1 is 1.37 bits per heavy atom. The molecule has 19 heavy (non-hydrogen) atoms. The standard InChI is InChI=1S/C16H24N2O/c1-4-10-18-15(19)9-8-14(17)16(18)13-7-5-6-11(2)12(13)3/h5-7,14,16H,4,8-10,17H2,1-3H3. The van der Waals surface area contributed by atoms with Gasteiger partial charge in [0.25, 0.3) is 0 Å². The van der Waals surface area contributed by atoms with E-state index in [1.165, 1.54) is 16.7 Å². The van der Waals surface area contributed by atoms with Crippen LogP contribution in [0.2, 0.25) is 0 Å². The van der Waals surface area contributed by atoms with Gasteiger partial charge in [0.15, 0.2) is 0 Å². The van der Waals surface area contributed by atoms with Crippen molar-refractivity contribution in [2.24, 2.45) is 5.73 Å². The first-order valence-corrected chi connectivity index (χ1v) is 7.17. The Bertz CT molecular complexity index is 470. The van der Waals surface area contributed by atoms with E-state index in [0.29, 0.717) is 6.42 Å². The molecule has 3 heteroatoms. The van der Waals surface area contributed by atoms with Gasteiger partial charge in [-0.25, -0.2) is 0 Å². The average Bonchev–Trinajstić information content (AvgIpc) is 2.39. The molecule has 1 aliphatic rings. The fraction of sp³-hybridized carbons (Fsp3) is 0.562. The van der Waals surface area contributed by atoms with Gasteiger partial charge < -0.3 is 10.6 Å². The van der Waals surface area contributed by atoms with Gasteiger partial charge in [0.2, 0.25) is 5.91 Å². The van der Waals surface area contributed by atoms with Gasteiger partial charge >= 0.3 is 0 Å². The second kappa shape index (κ2) is 5.74. The molecular weight excluding hydrogens is 236 g/mol. The molecule has 1 amide bonds. The number of nitrogens with two attached hydrogens (primary N) is 1. The summed E-state index contributed by atoms with van der Waals surface area (Å²) in [5, 5.41) is 0. The van der Waals surface area contributed by atoms with Crippen molar-refractivity contribution in [3.8, 4) is 0 Å². The van der Waals surface area contributed by atoms with E-state index < -0.39 is 0 Å². The molecule has 1 aliphatic heterocycles. The summed E-state index contributed by atoms with van der Waals surface area (Å²) >= 11 is 0. The SMILES string of the molecule is CCCN1C(=O)CCC(N)C1c1cccc(C)c1C. The van der Waals surface area contributed by atoms with Crippen molar-refractivity contribution in [1.29, 1.82) is 0 Å². The third-order valence-electron chi connectivity index (χ3n) is 4.18. The quantitative estimate of drug-likeness (QED) is 0.908. The van der Waals surface area contributed by atoms with Crippen LogP contribution in [-0.4, -0.2) is 23.4 Å². The first kappa shape index (κ1) is 14.1. The molecule has 2 atom stereocenters. The molecule has 1 saturated heterocycles. The summed E-state index contributed by atoms with van der Waals surface area (Å²) in [5.74, 6) is 0.245. The van der Waals surface area contributed by atoms with Crippen LogP contribution in [-0.2, 0) is 4.79 Å². The molecule has 0 aliphatic carbocycles. The van der Waals surface area contributed by atoms with Gasteiger partial charge in [-0.05, 0) is 43.4 Å². The number of likely N-dealkylation sites (tertiary alicyclic amines) is 1. The average molecular weight is 260 g/mol. The fourth-order valence-electron chi connectivity index (χ4n) is 2.98. The first-order chi connectivity index (χ1) is 9.06. The zero-order valence-corrected chi connectivity index (χ0v) is 12.1. The van der Waals surface area contributed by atoms with Crippen molar-refractivity contribution in [3.05, 3.63) is 34.9 Å². The Kier molecular flexibility index (Phi) is 4.25. The Labute approximate surface area is 115 Å². The monoisotopic (exact) mass is 260 g/mol. The summed E-state index contributed by atoms with van der Waals surface area (Å²) in [7, 11) is 0. The minimum Gasteiger partial charge on any atom is -0.334 e. The molecule has 2 rings (SSSR count). The Hall–Kier alpha value is -1.35. The van der Waals surface area contributed by atoms with Gasteiger partial charge in [0, 0.05) is 19.0 Å². The highest BCUT2D eigenvalue weighted by atomic mass is 16.2. The number of hydrogen-bond donors (Lipinski definition) is 1. The van der Waals surface area contributed by atoms with Gasteiger partial charge in [0.1, 0.15) is 0 Å². The van der Waals surface area contributed by atoms with Crippen LogP contribution in [0.25, 0.3) is 0 Å². The Morgan fingerprint density at radius 2 is 2.11 bits per heavy atom. The van der Waals surface area contributed by atoms with Crippen molar-refractivity contribution >= 4 is 5.91 Å². The molecule has 0 radical (unpaired) electrons. The summed E-state index contributed by atoms with van der Waals surface area (Å²) in [4.78, 5) is 14.2. The van der Waals surface area contributed by atoms with E-state index in [1.54, 1.807) is 0 Å². The highest BCUT2D eigenvalue weighted by Gasteiger charge is 2.35. The summed E-state index contributed by atoms with van der Waals surface area (Å²) in [6.07, 6.45) is 2.35.